The molecule has 0 radical (unpaired) electrons. The Balaban J connectivity index is 2.22. The zero-order chi connectivity index (χ0) is 23.9. The summed E-state index contributed by atoms with van der Waals surface area (Å²) in [5, 5.41) is 3.90. The number of rotatable bonds is 10. The predicted octanol–water partition coefficient (Wildman–Crippen LogP) is 2.40. The minimum Gasteiger partial charge on any atom is -0.497 e. The van der Waals surface area contributed by atoms with Gasteiger partial charge in [0.25, 0.3) is 5.91 Å². The molecule has 0 bridgehead atoms. The van der Waals surface area contributed by atoms with E-state index in [2.05, 4.69) is 26.5 Å². The van der Waals surface area contributed by atoms with Crippen LogP contribution in [0.1, 0.15) is 5.56 Å². The highest BCUT2D eigenvalue weighted by molar-refractivity contribution is 9.10. The van der Waals surface area contributed by atoms with Gasteiger partial charge in [-0.25, -0.2) is 13.8 Å². The maximum absolute atomic E-state index is 12.5. The van der Waals surface area contributed by atoms with E-state index in [1.54, 1.807) is 24.3 Å². The van der Waals surface area contributed by atoms with Crippen LogP contribution in [-0.2, 0) is 14.8 Å². The van der Waals surface area contributed by atoms with Crippen molar-refractivity contribution in [1.29, 1.82) is 0 Å². The lowest BCUT2D eigenvalue weighted by atomic mass is 10.2. The van der Waals surface area contributed by atoms with E-state index in [-0.39, 0.29) is 11.4 Å². The van der Waals surface area contributed by atoms with Gasteiger partial charge in [-0.15, -0.1) is 0 Å². The van der Waals surface area contributed by atoms with Gasteiger partial charge in [-0.1, -0.05) is 0 Å². The number of hydrogen-bond acceptors (Lipinski definition) is 8. The number of benzene rings is 2. The molecule has 0 aliphatic carbocycles. The van der Waals surface area contributed by atoms with Crippen molar-refractivity contribution in [2.45, 2.75) is 0 Å². The molecule has 174 valence electrons. The normalized spacial score (nSPS) is 11.2. The average Bonchev–Trinajstić information content (AvgIpc) is 2.75. The van der Waals surface area contributed by atoms with Crippen molar-refractivity contribution in [3.05, 3.63) is 40.4 Å². The van der Waals surface area contributed by atoms with Crippen molar-refractivity contribution in [3.8, 4) is 23.0 Å². The molecule has 0 saturated carbocycles. The van der Waals surface area contributed by atoms with E-state index in [1.807, 2.05) is 0 Å². The molecule has 0 spiro atoms. The second kappa shape index (κ2) is 11.0. The maximum atomic E-state index is 12.5. The van der Waals surface area contributed by atoms with Crippen LogP contribution in [0, 0.1) is 0 Å². The fourth-order valence-corrected chi connectivity index (χ4v) is 4.20. The van der Waals surface area contributed by atoms with Gasteiger partial charge in [0.1, 0.15) is 18.0 Å². The molecule has 0 atom stereocenters. The zero-order valence-corrected chi connectivity index (χ0v) is 20.6. The van der Waals surface area contributed by atoms with E-state index in [9.17, 15) is 13.2 Å². The summed E-state index contributed by atoms with van der Waals surface area (Å²) in [6, 6.07) is 8.04. The molecule has 0 aromatic heterocycles. The molecule has 0 fully saturated rings. The van der Waals surface area contributed by atoms with Crippen molar-refractivity contribution in [3.63, 3.8) is 0 Å². The lowest BCUT2D eigenvalue weighted by Gasteiger charge is -2.23. The predicted molar refractivity (Wildman–Crippen MR) is 125 cm³/mol. The Morgan fingerprint density at radius 2 is 1.75 bits per heavy atom. The maximum Gasteiger partial charge on any atom is 0.260 e. The summed E-state index contributed by atoms with van der Waals surface area (Å²) in [5.41, 5.74) is 3.10. The van der Waals surface area contributed by atoms with Crippen molar-refractivity contribution < 1.29 is 32.2 Å². The number of halogens is 1. The molecule has 10 nitrogen and oxygen atoms in total. The first kappa shape index (κ1) is 25.3. The third-order valence-electron chi connectivity index (χ3n) is 4.20. The highest BCUT2D eigenvalue weighted by Gasteiger charge is 2.24. The van der Waals surface area contributed by atoms with Crippen LogP contribution in [0.4, 0.5) is 5.69 Å². The molecule has 2 aromatic carbocycles. The minimum absolute atomic E-state index is 0.164. The molecular weight excluding hydrogens is 506 g/mol. The molecule has 0 heterocycles. The number of carbonyl (C=O) groups excluding carboxylic acids is 1. The van der Waals surface area contributed by atoms with E-state index in [4.69, 9.17) is 18.9 Å². The van der Waals surface area contributed by atoms with E-state index in [0.29, 0.717) is 27.3 Å². The van der Waals surface area contributed by atoms with Crippen LogP contribution in [0.3, 0.4) is 0 Å². The van der Waals surface area contributed by atoms with Gasteiger partial charge < -0.3 is 18.9 Å². The largest absolute Gasteiger partial charge is 0.497 e. The van der Waals surface area contributed by atoms with Gasteiger partial charge in [-0.2, -0.15) is 5.10 Å². The number of amides is 1. The molecule has 0 aliphatic rings. The zero-order valence-electron chi connectivity index (χ0n) is 18.2. The van der Waals surface area contributed by atoms with Crippen LogP contribution in [0.5, 0.6) is 23.0 Å². The van der Waals surface area contributed by atoms with E-state index < -0.39 is 22.5 Å². The van der Waals surface area contributed by atoms with Crippen LogP contribution in [0.15, 0.2) is 39.9 Å². The molecule has 0 saturated heterocycles. The molecule has 12 heteroatoms. The lowest BCUT2D eigenvalue weighted by molar-refractivity contribution is -0.119. The van der Waals surface area contributed by atoms with Crippen LogP contribution >= 0.6 is 15.9 Å². The lowest BCUT2D eigenvalue weighted by Crippen LogP contribution is -2.39. The van der Waals surface area contributed by atoms with E-state index >= 15 is 0 Å². The topological polar surface area (TPSA) is 116 Å². The van der Waals surface area contributed by atoms with Gasteiger partial charge in [-0.3, -0.25) is 9.10 Å². The second-order valence-electron chi connectivity index (χ2n) is 6.34. The minimum atomic E-state index is -3.82. The number of carbonyl (C=O) groups is 1. The number of nitrogens with one attached hydrogen (secondary N) is 1. The Labute approximate surface area is 195 Å². The Kier molecular flexibility index (Phi) is 8.72. The average molecular weight is 530 g/mol. The van der Waals surface area contributed by atoms with Crippen LogP contribution in [-0.4, -0.2) is 61.8 Å². The molecule has 2 rings (SSSR count). The molecule has 0 aliphatic heterocycles. The van der Waals surface area contributed by atoms with E-state index in [0.717, 1.165) is 10.6 Å². The number of nitrogens with zero attached hydrogens (tertiary/aromatic N) is 2. The Morgan fingerprint density at radius 3 is 2.31 bits per heavy atom. The fraction of sp³-hybridized carbons (Fsp3) is 0.300. The van der Waals surface area contributed by atoms with Crippen molar-refractivity contribution in [1.82, 2.24) is 5.43 Å². The number of methoxy groups -OCH3 is 4. The summed E-state index contributed by atoms with van der Waals surface area (Å²) in [7, 11) is 2.04. The Bertz CT molecular complexity index is 1110. The summed E-state index contributed by atoms with van der Waals surface area (Å²) >= 11 is 3.38. The third kappa shape index (κ3) is 6.26. The molecule has 32 heavy (non-hydrogen) atoms. The molecule has 2 aromatic rings. The summed E-state index contributed by atoms with van der Waals surface area (Å²) in [6.07, 6.45) is 2.38. The quantitative estimate of drug-likeness (QED) is 0.371. The fourth-order valence-electron chi connectivity index (χ4n) is 2.73. The van der Waals surface area contributed by atoms with Gasteiger partial charge in [0, 0.05) is 6.07 Å². The van der Waals surface area contributed by atoms with Gasteiger partial charge in [0.05, 0.1) is 51.1 Å². The highest BCUT2D eigenvalue weighted by Crippen LogP contribution is 2.36. The summed E-state index contributed by atoms with van der Waals surface area (Å²) in [5.74, 6) is 1.01. The highest BCUT2D eigenvalue weighted by atomic mass is 79.9. The van der Waals surface area contributed by atoms with Gasteiger partial charge in [0.15, 0.2) is 11.5 Å². The smallest absolute Gasteiger partial charge is 0.260 e. The summed E-state index contributed by atoms with van der Waals surface area (Å²) in [6.45, 7) is -0.519. The van der Waals surface area contributed by atoms with Crippen molar-refractivity contribution in [2.24, 2.45) is 5.10 Å². The standard InChI is InChI=1S/C20H24BrN3O7S/c1-28-14-6-7-17(29-2)16(10-14)24(32(5,26)27)12-19(25)23-22-11-13-8-15(21)20(31-4)18(9-13)30-3/h6-11H,12H2,1-5H3,(H,23,25)/b22-11-. The monoisotopic (exact) mass is 529 g/mol. The third-order valence-corrected chi connectivity index (χ3v) is 5.92. The number of sulfonamides is 1. The SMILES string of the molecule is COc1ccc(OC)c(N(CC(=O)N/N=C\c2cc(Br)c(OC)c(OC)c2)S(C)(=O)=O)c1. The molecule has 1 N–H and O–H groups in total. The molecular formula is C20H24BrN3O7S. The van der Waals surface area contributed by atoms with E-state index in [1.165, 1.54) is 40.7 Å². The Morgan fingerprint density at radius 1 is 1.06 bits per heavy atom. The van der Waals surface area contributed by atoms with Crippen molar-refractivity contribution >= 4 is 43.8 Å². The number of hydrogen-bond donors (Lipinski definition) is 1. The number of hydrazone groups is 1. The molecule has 0 unspecified atom stereocenters. The molecule has 1 amide bonds. The first-order valence-corrected chi connectivity index (χ1v) is 11.7. The number of ether oxygens (including phenoxy) is 4. The Hall–Kier alpha value is -2.99. The van der Waals surface area contributed by atoms with Crippen LogP contribution in [0.2, 0.25) is 0 Å². The van der Waals surface area contributed by atoms with Gasteiger partial charge in [0.2, 0.25) is 10.0 Å². The number of anilines is 1. The van der Waals surface area contributed by atoms with Crippen LogP contribution in [0.25, 0.3) is 0 Å². The first-order valence-electron chi connectivity index (χ1n) is 9.07. The summed E-state index contributed by atoms with van der Waals surface area (Å²) in [4.78, 5) is 12.5. The first-order chi connectivity index (χ1) is 15.1. The summed E-state index contributed by atoms with van der Waals surface area (Å²) < 4.78 is 47.2. The van der Waals surface area contributed by atoms with Gasteiger partial charge in [-0.05, 0) is 45.8 Å². The van der Waals surface area contributed by atoms with Gasteiger partial charge >= 0.3 is 0 Å². The van der Waals surface area contributed by atoms with Crippen molar-refractivity contribution in [2.75, 3.05) is 45.5 Å². The second-order valence-corrected chi connectivity index (χ2v) is 9.10. The van der Waals surface area contributed by atoms with Crippen LogP contribution < -0.4 is 28.7 Å².